The molecule has 6 heteroatoms. The van der Waals surface area contributed by atoms with Crippen LogP contribution in [0.5, 0.6) is 5.88 Å². The van der Waals surface area contributed by atoms with E-state index in [1.165, 1.54) is 0 Å². The molecule has 0 radical (unpaired) electrons. The van der Waals surface area contributed by atoms with E-state index in [0.29, 0.717) is 18.3 Å². The van der Waals surface area contributed by atoms with E-state index in [4.69, 9.17) is 4.74 Å². The predicted octanol–water partition coefficient (Wildman–Crippen LogP) is 1.71. The van der Waals surface area contributed by atoms with Gasteiger partial charge in [-0.25, -0.2) is 9.97 Å². The zero-order chi connectivity index (χ0) is 15.5. The monoisotopic (exact) mass is 304 g/mol. The first-order chi connectivity index (χ1) is 10.7. The van der Waals surface area contributed by atoms with Crippen LogP contribution in [-0.4, -0.2) is 53.6 Å². The van der Waals surface area contributed by atoms with E-state index < -0.39 is 0 Å². The number of nitrogens with zero attached hydrogens (tertiary/aromatic N) is 4. The highest BCUT2D eigenvalue weighted by molar-refractivity contribution is 5.81. The molecule has 1 amide bonds. The Hall–Kier alpha value is -1.85. The van der Waals surface area contributed by atoms with Crippen LogP contribution in [0.3, 0.4) is 0 Å². The molecule has 0 aromatic carbocycles. The van der Waals surface area contributed by atoms with Gasteiger partial charge < -0.3 is 14.5 Å². The van der Waals surface area contributed by atoms with Crippen LogP contribution in [0.15, 0.2) is 12.4 Å². The highest BCUT2D eigenvalue weighted by Crippen LogP contribution is 2.33. The van der Waals surface area contributed by atoms with Crippen molar-refractivity contribution in [1.82, 2.24) is 14.9 Å². The summed E-state index contributed by atoms with van der Waals surface area (Å²) in [7, 11) is 2.00. The minimum Gasteiger partial charge on any atom is -0.470 e. The lowest BCUT2D eigenvalue weighted by Gasteiger charge is -2.21. The van der Waals surface area contributed by atoms with Gasteiger partial charge in [0.1, 0.15) is 6.10 Å². The van der Waals surface area contributed by atoms with Crippen molar-refractivity contribution in [2.24, 2.45) is 5.92 Å². The van der Waals surface area contributed by atoms with E-state index in [0.717, 1.165) is 44.6 Å². The van der Waals surface area contributed by atoms with Gasteiger partial charge in [0, 0.05) is 44.9 Å². The molecule has 1 unspecified atom stereocenters. The number of hydrogen-bond acceptors (Lipinski definition) is 5. The average molecular weight is 304 g/mol. The van der Waals surface area contributed by atoms with Gasteiger partial charge >= 0.3 is 0 Å². The summed E-state index contributed by atoms with van der Waals surface area (Å²) in [5.74, 6) is 1.93. The van der Waals surface area contributed by atoms with Crippen molar-refractivity contribution >= 4 is 11.7 Å². The number of carbonyl (C=O) groups excluding carboxylic acids is 1. The third kappa shape index (κ3) is 3.31. The quantitative estimate of drug-likeness (QED) is 0.801. The molecule has 0 spiro atoms. The van der Waals surface area contributed by atoms with Gasteiger partial charge in [-0.3, -0.25) is 4.79 Å². The van der Waals surface area contributed by atoms with Crippen LogP contribution in [0.25, 0.3) is 0 Å². The van der Waals surface area contributed by atoms with Crippen molar-refractivity contribution in [3.05, 3.63) is 12.4 Å². The minimum atomic E-state index is 0.0215. The minimum absolute atomic E-state index is 0.0215. The molecule has 1 aromatic heterocycles. The summed E-state index contributed by atoms with van der Waals surface area (Å²) in [6, 6.07) is 0. The summed E-state index contributed by atoms with van der Waals surface area (Å²) >= 11 is 0. The number of aromatic nitrogens is 2. The average Bonchev–Trinajstić information content (AvgIpc) is 3.27. The van der Waals surface area contributed by atoms with E-state index >= 15 is 0 Å². The van der Waals surface area contributed by atoms with Crippen molar-refractivity contribution in [1.29, 1.82) is 0 Å². The molecule has 3 rings (SSSR count). The normalized spacial score (nSPS) is 21.0. The van der Waals surface area contributed by atoms with Gasteiger partial charge in [0.05, 0.1) is 6.54 Å². The fourth-order valence-electron chi connectivity index (χ4n) is 2.88. The second kappa shape index (κ2) is 6.50. The summed E-state index contributed by atoms with van der Waals surface area (Å²) in [6.45, 7) is 4.50. The number of anilines is 1. The summed E-state index contributed by atoms with van der Waals surface area (Å²) in [5.41, 5.74) is 0. The van der Waals surface area contributed by atoms with E-state index in [1.807, 2.05) is 11.9 Å². The Kier molecular flexibility index (Phi) is 4.45. The fourth-order valence-corrected chi connectivity index (χ4v) is 2.88. The van der Waals surface area contributed by atoms with E-state index in [1.54, 1.807) is 12.4 Å². The number of likely N-dealkylation sites (tertiary alicyclic amines) is 1. The van der Waals surface area contributed by atoms with E-state index in [-0.39, 0.29) is 12.0 Å². The van der Waals surface area contributed by atoms with Gasteiger partial charge in [-0.1, -0.05) is 6.92 Å². The van der Waals surface area contributed by atoms with E-state index in [2.05, 4.69) is 21.8 Å². The lowest BCUT2D eigenvalue weighted by atomic mass is 10.3. The van der Waals surface area contributed by atoms with Crippen molar-refractivity contribution in [3.8, 4) is 5.88 Å². The number of rotatable bonds is 6. The van der Waals surface area contributed by atoms with Crippen molar-refractivity contribution in [2.45, 2.75) is 38.7 Å². The zero-order valence-corrected chi connectivity index (χ0v) is 13.4. The first-order valence-corrected chi connectivity index (χ1v) is 8.16. The van der Waals surface area contributed by atoms with Crippen molar-refractivity contribution in [2.75, 3.05) is 31.6 Å². The Morgan fingerprint density at radius 2 is 2.14 bits per heavy atom. The number of amides is 1. The molecule has 2 heterocycles. The second-order valence-electron chi connectivity index (χ2n) is 6.19. The van der Waals surface area contributed by atoms with Crippen LogP contribution >= 0.6 is 0 Å². The molecule has 2 fully saturated rings. The Bertz CT molecular complexity index is 533. The van der Waals surface area contributed by atoms with E-state index in [9.17, 15) is 4.79 Å². The highest BCUT2D eigenvalue weighted by atomic mass is 16.5. The molecule has 1 atom stereocenters. The predicted molar refractivity (Wildman–Crippen MR) is 83.9 cm³/mol. The maximum absolute atomic E-state index is 12.1. The molecule has 6 nitrogen and oxygen atoms in total. The topological polar surface area (TPSA) is 58.6 Å². The molecule has 22 heavy (non-hydrogen) atoms. The summed E-state index contributed by atoms with van der Waals surface area (Å²) < 4.78 is 6.05. The molecule has 2 aliphatic rings. The van der Waals surface area contributed by atoms with Crippen LogP contribution in [-0.2, 0) is 4.79 Å². The Morgan fingerprint density at radius 1 is 1.36 bits per heavy atom. The Morgan fingerprint density at radius 3 is 2.86 bits per heavy atom. The van der Waals surface area contributed by atoms with Crippen molar-refractivity contribution < 1.29 is 9.53 Å². The molecule has 1 aliphatic carbocycles. The van der Waals surface area contributed by atoms with Gasteiger partial charge in [0.15, 0.2) is 5.82 Å². The van der Waals surface area contributed by atoms with Crippen molar-refractivity contribution in [3.63, 3.8) is 0 Å². The van der Waals surface area contributed by atoms with Gasteiger partial charge in [-0.15, -0.1) is 0 Å². The Balaban J connectivity index is 1.62. The summed E-state index contributed by atoms with van der Waals surface area (Å²) in [5, 5.41) is 0. The zero-order valence-electron chi connectivity index (χ0n) is 13.4. The molecule has 1 saturated heterocycles. The number of hydrogen-bond donors (Lipinski definition) is 0. The molecular weight excluding hydrogens is 280 g/mol. The molecule has 0 N–H and O–H groups in total. The maximum Gasteiger partial charge on any atom is 0.257 e. The van der Waals surface area contributed by atoms with Gasteiger partial charge in [-0.05, 0) is 19.3 Å². The third-order valence-electron chi connectivity index (χ3n) is 4.23. The van der Waals surface area contributed by atoms with Gasteiger partial charge in [0.2, 0.25) is 5.91 Å². The first-order valence-electron chi connectivity index (χ1n) is 8.16. The lowest BCUT2D eigenvalue weighted by Crippen LogP contribution is -2.32. The highest BCUT2D eigenvalue weighted by Gasteiger charge is 2.37. The largest absolute Gasteiger partial charge is 0.470 e. The maximum atomic E-state index is 12.1. The summed E-state index contributed by atoms with van der Waals surface area (Å²) in [6.07, 6.45) is 7.37. The standard InChI is InChI=1S/C16H24N4O2/c1-3-9-19(2)14-15(18-8-7-17-14)22-13-6-10-20(11-13)16(21)12-4-5-12/h7-8,12-13H,3-6,9-11H2,1-2H3. The van der Waals surface area contributed by atoms with Crippen LogP contribution in [0.1, 0.15) is 32.6 Å². The van der Waals surface area contributed by atoms with Crippen LogP contribution in [0.4, 0.5) is 5.82 Å². The molecular formula is C16H24N4O2. The molecule has 1 aromatic rings. The summed E-state index contributed by atoms with van der Waals surface area (Å²) in [4.78, 5) is 24.8. The fraction of sp³-hybridized carbons (Fsp3) is 0.688. The smallest absolute Gasteiger partial charge is 0.257 e. The van der Waals surface area contributed by atoms with Crippen LogP contribution < -0.4 is 9.64 Å². The first kappa shape index (κ1) is 15.1. The van der Waals surface area contributed by atoms with Gasteiger partial charge in [-0.2, -0.15) is 0 Å². The second-order valence-corrected chi connectivity index (χ2v) is 6.19. The molecule has 1 aliphatic heterocycles. The molecule has 1 saturated carbocycles. The Labute approximate surface area is 131 Å². The molecule has 120 valence electrons. The SMILES string of the molecule is CCCN(C)c1nccnc1OC1CCN(C(=O)C2CC2)C1. The van der Waals surface area contributed by atoms with Crippen LogP contribution in [0, 0.1) is 5.92 Å². The van der Waals surface area contributed by atoms with Crippen LogP contribution in [0.2, 0.25) is 0 Å². The number of ether oxygens (including phenoxy) is 1. The number of carbonyl (C=O) groups is 1. The van der Waals surface area contributed by atoms with Gasteiger partial charge in [0.25, 0.3) is 5.88 Å². The lowest BCUT2D eigenvalue weighted by molar-refractivity contribution is -0.131. The molecule has 0 bridgehead atoms. The third-order valence-corrected chi connectivity index (χ3v) is 4.23.